The topological polar surface area (TPSA) is 18.0 Å². The van der Waals surface area contributed by atoms with Gasteiger partial charge in [0.15, 0.2) is 0 Å². The van der Waals surface area contributed by atoms with E-state index in [1.54, 1.807) is 0 Å². The Balaban J connectivity index is 0.856. The molecule has 0 aliphatic heterocycles. The van der Waals surface area contributed by atoms with Crippen molar-refractivity contribution in [3.8, 4) is 50.4 Å². The van der Waals surface area contributed by atoms with Crippen molar-refractivity contribution in [2.45, 2.75) is 0 Å². The van der Waals surface area contributed by atoms with Crippen molar-refractivity contribution in [2.24, 2.45) is 0 Å². The van der Waals surface area contributed by atoms with Crippen molar-refractivity contribution in [2.75, 3.05) is 4.90 Å². The first kappa shape index (κ1) is 49.7. The fourth-order valence-corrected chi connectivity index (χ4v) is 14.6. The van der Waals surface area contributed by atoms with Crippen LogP contribution in [-0.4, -0.2) is 13.7 Å². The fourth-order valence-electron chi connectivity index (χ4n) is 14.6. The van der Waals surface area contributed by atoms with Gasteiger partial charge in [-0.15, -0.1) is 0 Å². The predicted molar refractivity (Wildman–Crippen MR) is 373 cm³/mol. The van der Waals surface area contributed by atoms with E-state index in [1.165, 1.54) is 115 Å². The van der Waals surface area contributed by atoms with Crippen LogP contribution in [0.3, 0.4) is 0 Å². The molecule has 0 aliphatic carbocycles. The van der Waals surface area contributed by atoms with Gasteiger partial charge in [-0.3, -0.25) is 0 Å². The van der Waals surface area contributed by atoms with Gasteiger partial charge in [0.25, 0.3) is 0 Å². The smallest absolute Gasteiger partial charge is 0.0547 e. The molecule has 88 heavy (non-hydrogen) atoms. The second kappa shape index (κ2) is 20.0. The number of fused-ring (bicyclic) bond motifs is 12. The molecule has 15 aromatic carbocycles. The number of anilines is 3. The summed E-state index contributed by atoms with van der Waals surface area (Å²) in [7, 11) is 0. The van der Waals surface area contributed by atoms with Crippen LogP contribution in [0.2, 0.25) is 0 Å². The third-order valence-electron chi connectivity index (χ3n) is 18.4. The Labute approximate surface area is 508 Å². The highest BCUT2D eigenvalue weighted by Gasteiger charge is 2.25. The second-order valence-corrected chi connectivity index (χ2v) is 23.1. The van der Waals surface area contributed by atoms with Gasteiger partial charge in [0.1, 0.15) is 0 Å². The lowest BCUT2D eigenvalue weighted by molar-refractivity contribution is 1.18. The number of benzene rings is 15. The van der Waals surface area contributed by atoms with E-state index < -0.39 is 0 Å². The van der Waals surface area contributed by atoms with E-state index in [2.05, 4.69) is 346 Å². The van der Waals surface area contributed by atoms with E-state index in [0.717, 1.165) is 50.3 Å². The van der Waals surface area contributed by atoms with Crippen LogP contribution in [0.4, 0.5) is 17.1 Å². The Kier molecular flexibility index (Phi) is 11.3. The summed E-state index contributed by atoms with van der Waals surface area (Å²) in [5.41, 5.74) is 20.9. The second-order valence-electron chi connectivity index (χ2n) is 23.1. The fraction of sp³-hybridized carbons (Fsp3) is 0. The van der Waals surface area contributed by atoms with Gasteiger partial charge in [-0.2, -0.15) is 0 Å². The maximum atomic E-state index is 2.55. The van der Waals surface area contributed by atoms with Gasteiger partial charge in [0.05, 0.1) is 50.2 Å². The lowest BCUT2D eigenvalue weighted by Gasteiger charge is -2.30. The summed E-state index contributed by atoms with van der Waals surface area (Å²) in [6.07, 6.45) is 0. The summed E-state index contributed by atoms with van der Waals surface area (Å²) in [4.78, 5) is 2.55. The number of nitrogens with zero attached hydrogens (tertiary/aromatic N) is 4. The van der Waals surface area contributed by atoms with Crippen LogP contribution in [0.1, 0.15) is 0 Å². The highest BCUT2D eigenvalue weighted by atomic mass is 15.1. The molecule has 0 saturated heterocycles. The van der Waals surface area contributed by atoms with E-state index in [4.69, 9.17) is 0 Å². The van der Waals surface area contributed by atoms with E-state index in [1.807, 2.05) is 0 Å². The van der Waals surface area contributed by atoms with E-state index >= 15 is 0 Å². The van der Waals surface area contributed by atoms with Gasteiger partial charge < -0.3 is 18.6 Å². The van der Waals surface area contributed by atoms with Gasteiger partial charge in [0, 0.05) is 65.5 Å². The van der Waals surface area contributed by atoms with E-state index in [-0.39, 0.29) is 0 Å². The quantitative estimate of drug-likeness (QED) is 0.141. The molecule has 0 saturated carbocycles. The van der Waals surface area contributed by atoms with Gasteiger partial charge >= 0.3 is 0 Å². The molecule has 18 rings (SSSR count). The molecule has 0 atom stereocenters. The molecule has 0 bridgehead atoms. The highest BCUT2D eigenvalue weighted by molar-refractivity contribution is 6.18. The van der Waals surface area contributed by atoms with Crippen molar-refractivity contribution >= 4 is 115 Å². The Bertz CT molecular complexity index is 5570. The number of hydrogen-bond acceptors (Lipinski definition) is 1. The molecule has 18 aromatic rings. The maximum absolute atomic E-state index is 2.55. The Hall–Kier alpha value is -11.7. The summed E-state index contributed by atoms with van der Waals surface area (Å²) in [5.74, 6) is 0. The average molecular weight is 1120 g/mol. The lowest BCUT2D eigenvalue weighted by Crippen LogP contribution is -2.12. The minimum Gasteiger partial charge on any atom is -0.309 e. The van der Waals surface area contributed by atoms with Crippen molar-refractivity contribution in [3.05, 3.63) is 328 Å². The monoisotopic (exact) mass is 1120 g/mol. The molecule has 0 unspecified atom stereocenters. The predicted octanol–water partition coefficient (Wildman–Crippen LogP) is 22.9. The van der Waals surface area contributed by atoms with Crippen LogP contribution in [0.25, 0.3) is 148 Å². The molecule has 0 N–H and O–H groups in total. The molecular formula is C84H54N4. The highest BCUT2D eigenvalue weighted by Crippen LogP contribution is 2.50. The molecule has 0 fully saturated rings. The largest absolute Gasteiger partial charge is 0.309 e. The molecule has 410 valence electrons. The molecule has 3 aromatic heterocycles. The number of rotatable bonds is 9. The Morgan fingerprint density at radius 1 is 0.170 bits per heavy atom. The lowest BCUT2D eigenvalue weighted by atomic mass is 9.92. The maximum Gasteiger partial charge on any atom is 0.0547 e. The Morgan fingerprint density at radius 3 is 0.830 bits per heavy atom. The first-order valence-corrected chi connectivity index (χ1v) is 30.3. The molecule has 3 heterocycles. The number of hydrogen-bond donors (Lipinski definition) is 0. The van der Waals surface area contributed by atoms with Gasteiger partial charge in [0.2, 0.25) is 0 Å². The van der Waals surface area contributed by atoms with E-state index in [0.29, 0.717) is 0 Å². The third-order valence-corrected chi connectivity index (χ3v) is 18.4. The molecule has 0 amide bonds. The normalized spacial score (nSPS) is 11.9. The molecule has 0 radical (unpaired) electrons. The van der Waals surface area contributed by atoms with Crippen LogP contribution in [0.15, 0.2) is 328 Å². The minimum absolute atomic E-state index is 1.10. The van der Waals surface area contributed by atoms with Crippen LogP contribution in [0, 0.1) is 0 Å². The van der Waals surface area contributed by atoms with Crippen LogP contribution in [0.5, 0.6) is 0 Å². The minimum atomic E-state index is 1.10. The SMILES string of the molecule is c1ccc(-n2c3ccccc3c3cc(-c4ccc(N(c5ccc(-c6ccc7c8ccccc8n(-c8ccccc8)c7c6)c6ccccc56)c5ccc(-c6ccc7c8ccccc8n(-c8ccccc8)c7c6)c6ccccc56)c5ccccc45)ccc32)cc1. The summed E-state index contributed by atoms with van der Waals surface area (Å²) < 4.78 is 7.22. The van der Waals surface area contributed by atoms with E-state index in [9.17, 15) is 0 Å². The summed E-state index contributed by atoms with van der Waals surface area (Å²) >= 11 is 0. The van der Waals surface area contributed by atoms with Crippen LogP contribution in [-0.2, 0) is 0 Å². The van der Waals surface area contributed by atoms with Gasteiger partial charge in [-0.1, -0.05) is 231 Å². The Morgan fingerprint density at radius 2 is 0.443 bits per heavy atom. The summed E-state index contributed by atoms with van der Waals surface area (Å²) in [6, 6.07) is 121. The van der Waals surface area contributed by atoms with Gasteiger partial charge in [-0.05, 0) is 147 Å². The zero-order chi connectivity index (χ0) is 57.8. The van der Waals surface area contributed by atoms with Crippen molar-refractivity contribution in [1.82, 2.24) is 13.7 Å². The molecule has 0 aliphatic rings. The molecular weight excluding hydrogens is 1060 g/mol. The summed E-state index contributed by atoms with van der Waals surface area (Å²) in [5, 5.41) is 14.4. The number of aromatic nitrogens is 3. The van der Waals surface area contributed by atoms with Crippen LogP contribution < -0.4 is 4.90 Å². The number of para-hydroxylation sites is 6. The molecule has 4 nitrogen and oxygen atoms in total. The summed E-state index contributed by atoms with van der Waals surface area (Å²) in [6.45, 7) is 0. The zero-order valence-corrected chi connectivity index (χ0v) is 48.0. The molecule has 0 spiro atoms. The first-order chi connectivity index (χ1) is 43.7. The average Bonchev–Trinajstić information content (AvgIpc) is 1.37. The third kappa shape index (κ3) is 7.65. The standard InChI is InChI=1S/C84H54N4/c1-4-22-58(23-5-1)85-78-39-21-18-36-72(78)75-52-55(42-48-82(75)85)61-45-49-79(67-31-13-10-28-64(61)67)88(80-50-46-62(65-29-11-14-32-68(65)80)56-40-43-73-70-34-16-19-37-76(70)86(83(73)53-56)59-24-6-2-7-25-59)81-51-47-63(66-30-12-15-33-69(66)81)57-41-44-74-71-35-17-20-38-77(71)87(84(74)54-57)60-26-8-3-9-27-60/h1-54H. The first-order valence-electron chi connectivity index (χ1n) is 30.3. The molecule has 4 heteroatoms. The van der Waals surface area contributed by atoms with Crippen molar-refractivity contribution in [3.63, 3.8) is 0 Å². The van der Waals surface area contributed by atoms with Crippen molar-refractivity contribution < 1.29 is 0 Å². The zero-order valence-electron chi connectivity index (χ0n) is 48.0. The van der Waals surface area contributed by atoms with Gasteiger partial charge in [-0.25, -0.2) is 0 Å². The van der Waals surface area contributed by atoms with Crippen LogP contribution >= 0.6 is 0 Å². The van der Waals surface area contributed by atoms with Crippen molar-refractivity contribution in [1.29, 1.82) is 0 Å².